The Bertz CT molecular complexity index is 543. The summed E-state index contributed by atoms with van der Waals surface area (Å²) in [6, 6.07) is 7.68. The molecule has 0 bridgehead atoms. The van der Waals surface area contributed by atoms with Crippen LogP contribution in [0.1, 0.15) is 6.92 Å². The van der Waals surface area contributed by atoms with Crippen molar-refractivity contribution in [3.8, 4) is 6.07 Å². The lowest BCUT2D eigenvalue weighted by molar-refractivity contribution is -0.114. The van der Waals surface area contributed by atoms with Crippen molar-refractivity contribution >= 4 is 27.3 Å². The van der Waals surface area contributed by atoms with Gasteiger partial charge in [0.05, 0.1) is 6.07 Å². The van der Waals surface area contributed by atoms with Crippen molar-refractivity contribution in [1.29, 1.82) is 5.26 Å². The summed E-state index contributed by atoms with van der Waals surface area (Å²) in [5, 5.41) is 10.9. The maximum absolute atomic E-state index is 11.3. The number of sulfonamides is 1. The summed E-state index contributed by atoms with van der Waals surface area (Å²) in [4.78, 5) is 10.8. The molecule has 0 fully saturated rings. The molecule has 0 aliphatic rings. The fourth-order valence-corrected chi connectivity index (χ4v) is 1.86. The van der Waals surface area contributed by atoms with Crippen molar-refractivity contribution < 1.29 is 13.2 Å². The topological polar surface area (TPSA) is 99.1 Å². The predicted octanol–water partition coefficient (Wildman–Crippen LogP) is 0.910. The number of nitrogens with one attached hydrogen (secondary N) is 2. The molecule has 1 aromatic carbocycles. The van der Waals surface area contributed by atoms with Gasteiger partial charge in [0.1, 0.15) is 0 Å². The highest BCUT2D eigenvalue weighted by Gasteiger charge is 2.08. The lowest BCUT2D eigenvalue weighted by atomic mass is 10.3. The van der Waals surface area contributed by atoms with Gasteiger partial charge in [0.2, 0.25) is 15.9 Å². The number of nitriles is 1. The number of anilines is 2. The second-order valence-corrected chi connectivity index (χ2v) is 5.00. The molecule has 1 rings (SSSR count). The van der Waals surface area contributed by atoms with E-state index in [0.29, 0.717) is 11.4 Å². The number of carbonyl (C=O) groups is 1. The molecule has 0 unspecified atom stereocenters. The molecule has 1 aromatic rings. The van der Waals surface area contributed by atoms with Crippen LogP contribution in [0.15, 0.2) is 24.3 Å². The number of benzene rings is 1. The van der Waals surface area contributed by atoms with E-state index >= 15 is 0 Å². The van der Waals surface area contributed by atoms with E-state index in [0.717, 1.165) is 0 Å². The molecular weight excluding hydrogens is 242 g/mol. The van der Waals surface area contributed by atoms with E-state index in [9.17, 15) is 13.2 Å². The summed E-state index contributed by atoms with van der Waals surface area (Å²) >= 11 is 0. The summed E-state index contributed by atoms with van der Waals surface area (Å²) in [6.07, 6.45) is 0. The SMILES string of the molecule is CC(=O)Nc1ccc(NS(=O)(=O)CC#N)cc1. The molecule has 2 N–H and O–H groups in total. The lowest BCUT2D eigenvalue weighted by Crippen LogP contribution is -2.15. The maximum atomic E-state index is 11.3. The molecule has 0 saturated carbocycles. The molecule has 7 heteroatoms. The maximum Gasteiger partial charge on any atom is 0.246 e. The third-order valence-electron chi connectivity index (χ3n) is 1.73. The molecule has 0 heterocycles. The molecule has 0 aromatic heterocycles. The summed E-state index contributed by atoms with van der Waals surface area (Å²) in [5.74, 6) is -0.803. The van der Waals surface area contributed by atoms with Crippen LogP contribution < -0.4 is 10.0 Å². The van der Waals surface area contributed by atoms with Gasteiger partial charge in [-0.15, -0.1) is 0 Å². The van der Waals surface area contributed by atoms with Gasteiger partial charge in [0.15, 0.2) is 5.75 Å². The third-order valence-corrected chi connectivity index (χ3v) is 2.79. The number of carbonyl (C=O) groups excluding carboxylic acids is 1. The molecule has 0 saturated heterocycles. The molecule has 0 aliphatic carbocycles. The van der Waals surface area contributed by atoms with Crippen LogP contribution in [0.4, 0.5) is 11.4 Å². The Balaban J connectivity index is 2.76. The van der Waals surface area contributed by atoms with Crippen molar-refractivity contribution in [3.63, 3.8) is 0 Å². The first-order valence-corrected chi connectivity index (χ1v) is 6.33. The fourth-order valence-electron chi connectivity index (χ4n) is 1.13. The third kappa shape index (κ3) is 4.53. The highest BCUT2D eigenvalue weighted by Crippen LogP contribution is 2.14. The zero-order chi connectivity index (χ0) is 12.9. The molecular formula is C10H11N3O3S. The molecule has 1 amide bonds. The quantitative estimate of drug-likeness (QED) is 0.833. The zero-order valence-corrected chi connectivity index (χ0v) is 9.91. The minimum Gasteiger partial charge on any atom is -0.326 e. The fraction of sp³-hybridized carbons (Fsp3) is 0.200. The number of hydrogen-bond acceptors (Lipinski definition) is 4. The van der Waals surface area contributed by atoms with Gasteiger partial charge in [-0.05, 0) is 24.3 Å². The van der Waals surface area contributed by atoms with Crippen molar-refractivity contribution in [1.82, 2.24) is 0 Å². The lowest BCUT2D eigenvalue weighted by Gasteiger charge is -2.06. The Morgan fingerprint density at radius 1 is 1.29 bits per heavy atom. The second kappa shape index (κ2) is 5.32. The monoisotopic (exact) mass is 253 g/mol. The standard InChI is InChI=1S/C10H11N3O3S/c1-8(14)12-9-2-4-10(5-3-9)13-17(15,16)7-6-11/h2-5,13H,7H2,1H3,(H,12,14). The van der Waals surface area contributed by atoms with Crippen molar-refractivity contribution in [2.75, 3.05) is 15.8 Å². The average molecular weight is 253 g/mol. The number of nitrogens with zero attached hydrogens (tertiary/aromatic N) is 1. The molecule has 0 aliphatic heterocycles. The van der Waals surface area contributed by atoms with Crippen molar-refractivity contribution in [2.45, 2.75) is 6.92 Å². The van der Waals surface area contributed by atoms with Gasteiger partial charge in [-0.25, -0.2) is 8.42 Å². The molecule has 17 heavy (non-hydrogen) atoms. The Morgan fingerprint density at radius 3 is 2.29 bits per heavy atom. The van der Waals surface area contributed by atoms with Crippen LogP contribution in [0.5, 0.6) is 0 Å². The molecule has 0 atom stereocenters. The summed E-state index contributed by atoms with van der Waals surface area (Å²) in [7, 11) is -3.62. The molecule has 0 spiro atoms. The van der Waals surface area contributed by atoms with E-state index in [1.165, 1.54) is 19.1 Å². The van der Waals surface area contributed by atoms with Gasteiger partial charge in [0.25, 0.3) is 0 Å². The van der Waals surface area contributed by atoms with Crippen LogP contribution in [0, 0.1) is 11.3 Å². The van der Waals surface area contributed by atoms with Gasteiger partial charge in [-0.3, -0.25) is 9.52 Å². The van der Waals surface area contributed by atoms with E-state index < -0.39 is 15.8 Å². The van der Waals surface area contributed by atoms with E-state index in [1.807, 2.05) is 0 Å². The van der Waals surface area contributed by atoms with Crippen LogP contribution in [-0.4, -0.2) is 20.1 Å². The second-order valence-electron chi connectivity index (χ2n) is 3.28. The molecule has 0 radical (unpaired) electrons. The predicted molar refractivity (Wildman–Crippen MR) is 63.8 cm³/mol. The number of hydrogen-bond donors (Lipinski definition) is 2. The first-order chi connectivity index (χ1) is 7.93. The van der Waals surface area contributed by atoms with Gasteiger partial charge in [-0.1, -0.05) is 0 Å². The minimum absolute atomic E-state index is 0.206. The normalized spacial score (nSPS) is 10.4. The smallest absolute Gasteiger partial charge is 0.246 e. The highest BCUT2D eigenvalue weighted by atomic mass is 32.2. The van der Waals surface area contributed by atoms with Crippen LogP contribution >= 0.6 is 0 Å². The number of amides is 1. The van der Waals surface area contributed by atoms with E-state index in [2.05, 4.69) is 10.0 Å². The van der Waals surface area contributed by atoms with Gasteiger partial charge < -0.3 is 5.32 Å². The van der Waals surface area contributed by atoms with Gasteiger partial charge in [0, 0.05) is 18.3 Å². The van der Waals surface area contributed by atoms with Gasteiger partial charge >= 0.3 is 0 Å². The van der Waals surface area contributed by atoms with Crippen LogP contribution in [0.3, 0.4) is 0 Å². The Labute approximate surface area is 99.3 Å². The summed E-state index contributed by atoms with van der Waals surface area (Å²) < 4.78 is 24.8. The Kier molecular flexibility index (Phi) is 4.06. The Morgan fingerprint density at radius 2 is 1.82 bits per heavy atom. The van der Waals surface area contributed by atoms with Crippen molar-refractivity contribution in [2.24, 2.45) is 0 Å². The zero-order valence-electron chi connectivity index (χ0n) is 9.10. The first-order valence-electron chi connectivity index (χ1n) is 4.68. The average Bonchev–Trinajstić information content (AvgIpc) is 2.19. The largest absolute Gasteiger partial charge is 0.326 e. The van der Waals surface area contributed by atoms with Gasteiger partial charge in [-0.2, -0.15) is 5.26 Å². The van der Waals surface area contributed by atoms with E-state index in [1.54, 1.807) is 18.2 Å². The molecule has 90 valence electrons. The summed E-state index contributed by atoms with van der Waals surface area (Å²) in [5.41, 5.74) is 0.912. The van der Waals surface area contributed by atoms with E-state index in [-0.39, 0.29) is 5.91 Å². The van der Waals surface area contributed by atoms with Crippen LogP contribution in [-0.2, 0) is 14.8 Å². The highest BCUT2D eigenvalue weighted by molar-refractivity contribution is 7.92. The summed E-state index contributed by atoms with van der Waals surface area (Å²) in [6.45, 7) is 1.38. The number of rotatable bonds is 4. The van der Waals surface area contributed by atoms with Crippen LogP contribution in [0.25, 0.3) is 0 Å². The van der Waals surface area contributed by atoms with E-state index in [4.69, 9.17) is 5.26 Å². The molecule has 6 nitrogen and oxygen atoms in total. The minimum atomic E-state index is -3.62. The Hall–Kier alpha value is -2.07. The van der Waals surface area contributed by atoms with Crippen LogP contribution in [0.2, 0.25) is 0 Å². The van der Waals surface area contributed by atoms with Crippen molar-refractivity contribution in [3.05, 3.63) is 24.3 Å². The first kappa shape index (κ1) is 13.0.